The van der Waals surface area contributed by atoms with Gasteiger partial charge in [0.1, 0.15) is 17.4 Å². The average molecular weight is 528 g/mol. The molecule has 0 aliphatic heterocycles. The Morgan fingerprint density at radius 3 is 2.72 bits per heavy atom. The second-order valence-electron chi connectivity index (χ2n) is 9.99. The molecule has 39 heavy (non-hydrogen) atoms. The maximum atomic E-state index is 13.7. The summed E-state index contributed by atoms with van der Waals surface area (Å²) in [5, 5.41) is 6.66. The van der Waals surface area contributed by atoms with E-state index >= 15 is 0 Å². The SMILES string of the molecule is COC(=O)C(Cc1cc2ccccc2[nH]1)NC(=O)c1cc2nc(-c3ccco3)c(C3CCCCC3)c(=O)n2[nH]1. The van der Waals surface area contributed by atoms with Crippen molar-refractivity contribution in [1.29, 1.82) is 0 Å². The first-order valence-electron chi connectivity index (χ1n) is 13.2. The van der Waals surface area contributed by atoms with Gasteiger partial charge in [-0.15, -0.1) is 0 Å². The molecule has 200 valence electrons. The first kappa shape index (κ1) is 24.7. The number of nitrogens with zero attached hydrogens (tertiary/aromatic N) is 2. The lowest BCUT2D eigenvalue weighted by Crippen LogP contribution is -2.43. The van der Waals surface area contributed by atoms with E-state index in [-0.39, 0.29) is 23.6 Å². The number of furan rings is 1. The van der Waals surface area contributed by atoms with Crippen molar-refractivity contribution in [3.8, 4) is 11.5 Å². The maximum Gasteiger partial charge on any atom is 0.328 e. The van der Waals surface area contributed by atoms with Gasteiger partial charge in [-0.25, -0.2) is 14.3 Å². The van der Waals surface area contributed by atoms with Gasteiger partial charge in [0.2, 0.25) is 0 Å². The summed E-state index contributed by atoms with van der Waals surface area (Å²) in [7, 11) is 1.28. The van der Waals surface area contributed by atoms with Crippen molar-refractivity contribution in [2.75, 3.05) is 7.11 Å². The van der Waals surface area contributed by atoms with Crippen molar-refractivity contribution in [3.05, 3.63) is 82.1 Å². The van der Waals surface area contributed by atoms with E-state index in [1.165, 1.54) is 17.7 Å². The summed E-state index contributed by atoms with van der Waals surface area (Å²) < 4.78 is 11.9. The standard InChI is InChI=1S/C29H29N5O5/c1-38-29(37)22(15-19-14-18-10-5-6-11-20(18)30-19)31-27(35)21-16-24-32-26(23-12-7-13-39-23)25(28(36)34(24)33-21)17-8-3-2-4-9-17/h5-7,10-14,16-17,22,30,33H,2-4,8-9,15H2,1H3,(H,31,35). The molecule has 0 radical (unpaired) electrons. The van der Waals surface area contributed by atoms with Crippen LogP contribution >= 0.6 is 0 Å². The van der Waals surface area contributed by atoms with Crippen LogP contribution in [0.5, 0.6) is 0 Å². The van der Waals surface area contributed by atoms with Crippen molar-refractivity contribution in [2.45, 2.75) is 50.5 Å². The van der Waals surface area contributed by atoms with Gasteiger partial charge in [0.25, 0.3) is 11.5 Å². The van der Waals surface area contributed by atoms with E-state index in [0.717, 1.165) is 48.7 Å². The summed E-state index contributed by atoms with van der Waals surface area (Å²) in [5.74, 6) is -0.541. The Morgan fingerprint density at radius 2 is 1.97 bits per heavy atom. The van der Waals surface area contributed by atoms with E-state index in [4.69, 9.17) is 14.1 Å². The Kier molecular flexibility index (Phi) is 6.52. The number of carbonyl (C=O) groups is 2. The zero-order valence-corrected chi connectivity index (χ0v) is 21.5. The van der Waals surface area contributed by atoms with Crippen LogP contribution in [0.3, 0.4) is 0 Å². The number of methoxy groups -OCH3 is 1. The Balaban J connectivity index is 1.33. The molecule has 6 rings (SSSR count). The van der Waals surface area contributed by atoms with Gasteiger partial charge < -0.3 is 19.5 Å². The molecule has 10 heteroatoms. The second-order valence-corrected chi connectivity index (χ2v) is 9.99. The molecule has 0 saturated heterocycles. The first-order valence-corrected chi connectivity index (χ1v) is 13.2. The Bertz CT molecular complexity index is 1670. The molecular weight excluding hydrogens is 498 g/mol. The highest BCUT2D eigenvalue weighted by Gasteiger charge is 2.28. The molecule has 1 saturated carbocycles. The van der Waals surface area contributed by atoms with Crippen LogP contribution < -0.4 is 10.9 Å². The lowest BCUT2D eigenvalue weighted by Gasteiger charge is -2.22. The van der Waals surface area contributed by atoms with Crippen molar-refractivity contribution < 1.29 is 18.7 Å². The number of aromatic nitrogens is 4. The third kappa shape index (κ3) is 4.73. The van der Waals surface area contributed by atoms with Crippen LogP contribution in [-0.2, 0) is 16.0 Å². The van der Waals surface area contributed by atoms with Crippen molar-refractivity contribution in [2.24, 2.45) is 0 Å². The fourth-order valence-electron chi connectivity index (χ4n) is 5.55. The van der Waals surface area contributed by atoms with E-state index in [1.54, 1.807) is 18.4 Å². The van der Waals surface area contributed by atoms with Gasteiger partial charge in [0.15, 0.2) is 11.4 Å². The molecule has 1 atom stereocenters. The van der Waals surface area contributed by atoms with Crippen LogP contribution in [0.2, 0.25) is 0 Å². The van der Waals surface area contributed by atoms with E-state index in [2.05, 4.69) is 15.4 Å². The van der Waals surface area contributed by atoms with E-state index in [9.17, 15) is 14.4 Å². The largest absolute Gasteiger partial charge is 0.467 e. The second kappa shape index (κ2) is 10.3. The van der Waals surface area contributed by atoms with Gasteiger partial charge in [-0.05, 0) is 48.4 Å². The third-order valence-electron chi connectivity index (χ3n) is 7.46. The number of carbonyl (C=O) groups excluding carboxylic acids is 2. The fraction of sp³-hybridized carbons (Fsp3) is 0.310. The van der Waals surface area contributed by atoms with Gasteiger partial charge in [-0.1, -0.05) is 37.5 Å². The Hall–Kier alpha value is -4.60. The topological polar surface area (TPSA) is 134 Å². The molecule has 5 aromatic rings. The van der Waals surface area contributed by atoms with Crippen LogP contribution in [0.1, 0.15) is 59.8 Å². The number of amides is 1. The normalized spacial score (nSPS) is 15.0. The third-order valence-corrected chi connectivity index (χ3v) is 7.46. The predicted molar refractivity (Wildman–Crippen MR) is 145 cm³/mol. The smallest absolute Gasteiger partial charge is 0.328 e. The molecule has 1 unspecified atom stereocenters. The monoisotopic (exact) mass is 527 g/mol. The zero-order chi connectivity index (χ0) is 26.9. The van der Waals surface area contributed by atoms with Crippen LogP contribution in [0.15, 0.2) is 64.0 Å². The summed E-state index contributed by atoms with van der Waals surface area (Å²) in [6, 6.07) is 13.8. The summed E-state index contributed by atoms with van der Waals surface area (Å²) in [5.41, 5.74) is 2.97. The molecular formula is C29H29N5O5. The van der Waals surface area contributed by atoms with Gasteiger partial charge in [0, 0.05) is 23.7 Å². The molecule has 0 bridgehead atoms. The number of aromatic amines is 2. The van der Waals surface area contributed by atoms with Gasteiger partial charge >= 0.3 is 5.97 Å². The quantitative estimate of drug-likeness (QED) is 0.270. The number of hydrogen-bond donors (Lipinski definition) is 3. The van der Waals surface area contributed by atoms with E-state index in [0.29, 0.717) is 22.7 Å². The molecule has 0 spiro atoms. The highest BCUT2D eigenvalue weighted by atomic mass is 16.5. The molecule has 1 aliphatic rings. The fourth-order valence-corrected chi connectivity index (χ4v) is 5.55. The number of fused-ring (bicyclic) bond motifs is 2. The Morgan fingerprint density at radius 1 is 1.15 bits per heavy atom. The van der Waals surface area contributed by atoms with Gasteiger partial charge in [0.05, 0.1) is 18.9 Å². The number of esters is 1. The zero-order valence-electron chi connectivity index (χ0n) is 21.5. The Labute approximate surface area is 223 Å². The number of para-hydroxylation sites is 1. The number of nitrogens with one attached hydrogen (secondary N) is 3. The minimum absolute atomic E-state index is 0.0661. The summed E-state index contributed by atoms with van der Waals surface area (Å²) in [6.07, 6.45) is 6.82. The van der Waals surface area contributed by atoms with E-state index in [1.807, 2.05) is 30.3 Å². The molecule has 3 N–H and O–H groups in total. The van der Waals surface area contributed by atoms with E-state index < -0.39 is 17.9 Å². The highest BCUT2D eigenvalue weighted by molar-refractivity contribution is 5.96. The maximum absolute atomic E-state index is 13.7. The number of hydrogen-bond acceptors (Lipinski definition) is 6. The van der Waals surface area contributed by atoms with Crippen LogP contribution in [0, 0.1) is 0 Å². The lowest BCUT2D eigenvalue weighted by atomic mass is 9.83. The first-order chi connectivity index (χ1) is 19.0. The average Bonchev–Trinajstić information content (AvgIpc) is 3.72. The van der Waals surface area contributed by atoms with Crippen LogP contribution in [0.25, 0.3) is 28.0 Å². The van der Waals surface area contributed by atoms with Crippen molar-refractivity contribution >= 4 is 28.4 Å². The minimum atomic E-state index is -0.942. The molecule has 4 heterocycles. The molecule has 4 aromatic heterocycles. The molecule has 1 aromatic carbocycles. The molecule has 1 fully saturated rings. The predicted octanol–water partition coefficient (Wildman–Crippen LogP) is 4.33. The van der Waals surface area contributed by atoms with Gasteiger partial charge in [-0.3, -0.25) is 14.7 Å². The molecule has 10 nitrogen and oxygen atoms in total. The van der Waals surface area contributed by atoms with Crippen LogP contribution in [0.4, 0.5) is 0 Å². The molecule has 1 aliphatic carbocycles. The van der Waals surface area contributed by atoms with Gasteiger partial charge in [-0.2, -0.15) is 0 Å². The number of H-pyrrole nitrogens is 2. The van der Waals surface area contributed by atoms with Crippen LogP contribution in [-0.4, -0.2) is 44.6 Å². The number of ether oxygens (including phenoxy) is 1. The number of rotatable bonds is 7. The summed E-state index contributed by atoms with van der Waals surface area (Å²) in [4.78, 5) is 47.6. The number of benzene rings is 1. The summed E-state index contributed by atoms with van der Waals surface area (Å²) in [6.45, 7) is 0. The lowest BCUT2D eigenvalue weighted by molar-refractivity contribution is -0.142. The van der Waals surface area contributed by atoms with Crippen molar-refractivity contribution in [1.82, 2.24) is 24.9 Å². The minimum Gasteiger partial charge on any atom is -0.467 e. The van der Waals surface area contributed by atoms with Crippen molar-refractivity contribution in [3.63, 3.8) is 0 Å². The highest BCUT2D eigenvalue weighted by Crippen LogP contribution is 2.35. The summed E-state index contributed by atoms with van der Waals surface area (Å²) >= 11 is 0. The molecule has 1 amide bonds.